The minimum Gasteiger partial charge on any atom is -0.459 e. The van der Waals surface area contributed by atoms with Crippen molar-refractivity contribution in [1.29, 1.82) is 0 Å². The van der Waals surface area contributed by atoms with Crippen molar-refractivity contribution >= 4 is 5.97 Å². The molecule has 0 aromatic heterocycles. The molecule has 1 heterocycles. The van der Waals surface area contributed by atoms with Crippen LogP contribution in [0.2, 0.25) is 0 Å². The van der Waals surface area contributed by atoms with Crippen molar-refractivity contribution < 1.29 is 18.7 Å². The molecule has 2 N–H and O–H groups in total. The Hall–Kier alpha value is -1.46. The Kier molecular flexibility index (Phi) is 6.07. The van der Waals surface area contributed by atoms with Crippen molar-refractivity contribution in [3.05, 3.63) is 35.6 Å². The summed E-state index contributed by atoms with van der Waals surface area (Å²) in [6.45, 7) is 2.61. The van der Waals surface area contributed by atoms with Gasteiger partial charge in [-0.1, -0.05) is 18.6 Å². The molecule has 1 saturated carbocycles. The number of carbonyl (C=O) groups excluding carboxylic acids is 1. The van der Waals surface area contributed by atoms with Gasteiger partial charge in [-0.05, 0) is 68.6 Å². The van der Waals surface area contributed by atoms with E-state index in [1.54, 1.807) is 0 Å². The second-order valence-corrected chi connectivity index (χ2v) is 7.51. The first kappa shape index (κ1) is 18.3. The van der Waals surface area contributed by atoms with E-state index in [1.807, 2.05) is 19.1 Å². The summed E-state index contributed by atoms with van der Waals surface area (Å²) in [5.74, 6) is 0.296. The van der Waals surface area contributed by atoms with Crippen LogP contribution >= 0.6 is 0 Å². The SMILES string of the molecule is C[C@@H]1OC(=O)[C@@H](N)CCC[C@H](Cc2ccc(F)cc2)[C@H]1OCC1CC1. The average Bonchev–Trinajstić information content (AvgIpc) is 3.40. The van der Waals surface area contributed by atoms with Crippen LogP contribution in [0.25, 0.3) is 0 Å². The molecule has 3 rings (SSSR count). The van der Waals surface area contributed by atoms with Gasteiger partial charge in [0.1, 0.15) is 18.0 Å². The van der Waals surface area contributed by atoms with Crippen molar-refractivity contribution in [2.45, 2.75) is 63.7 Å². The van der Waals surface area contributed by atoms with E-state index < -0.39 is 6.04 Å². The summed E-state index contributed by atoms with van der Waals surface area (Å²) in [4.78, 5) is 12.1. The topological polar surface area (TPSA) is 61.5 Å². The molecule has 0 unspecified atom stereocenters. The number of nitrogens with two attached hydrogens (primary N) is 1. The molecule has 0 radical (unpaired) electrons. The summed E-state index contributed by atoms with van der Waals surface area (Å²) in [5.41, 5.74) is 6.99. The standard InChI is InChI=1S/C20H28FNO3/c1-13-19(24-12-15-5-6-15)16(3-2-4-18(22)20(23)25-13)11-14-7-9-17(21)10-8-14/h7-10,13,15-16,18-19H,2-6,11-12,22H2,1H3/t13-,16+,18-,19-/m0/s1. The Morgan fingerprint density at radius 1 is 1.20 bits per heavy atom. The summed E-state index contributed by atoms with van der Waals surface area (Å²) < 4.78 is 25.0. The smallest absolute Gasteiger partial charge is 0.323 e. The van der Waals surface area contributed by atoms with Crippen molar-refractivity contribution in [1.82, 2.24) is 0 Å². The largest absolute Gasteiger partial charge is 0.459 e. The number of esters is 1. The molecule has 0 spiro atoms. The van der Waals surface area contributed by atoms with Gasteiger partial charge in [0.2, 0.25) is 0 Å². The lowest BCUT2D eigenvalue weighted by Gasteiger charge is -2.31. The van der Waals surface area contributed by atoms with Gasteiger partial charge in [-0.3, -0.25) is 4.79 Å². The second kappa shape index (κ2) is 8.28. The highest BCUT2D eigenvalue weighted by Gasteiger charge is 2.35. The maximum Gasteiger partial charge on any atom is 0.323 e. The normalized spacial score (nSPS) is 30.9. The molecule has 1 aromatic carbocycles. The third-order valence-corrected chi connectivity index (χ3v) is 5.25. The Labute approximate surface area is 148 Å². The Bertz CT molecular complexity index is 573. The number of hydrogen-bond acceptors (Lipinski definition) is 4. The second-order valence-electron chi connectivity index (χ2n) is 7.51. The Balaban J connectivity index is 1.75. The van der Waals surface area contributed by atoms with Crippen molar-refractivity contribution in [2.75, 3.05) is 6.61 Å². The van der Waals surface area contributed by atoms with Crippen LogP contribution in [0.4, 0.5) is 4.39 Å². The number of ether oxygens (including phenoxy) is 2. The van der Waals surface area contributed by atoms with Gasteiger partial charge in [-0.25, -0.2) is 4.39 Å². The molecule has 2 fully saturated rings. The van der Waals surface area contributed by atoms with E-state index in [4.69, 9.17) is 15.2 Å². The minimum atomic E-state index is -0.559. The number of carbonyl (C=O) groups is 1. The van der Waals surface area contributed by atoms with Gasteiger partial charge in [0.25, 0.3) is 0 Å². The summed E-state index contributed by atoms with van der Waals surface area (Å²) in [6, 6.07) is 6.06. The fourth-order valence-electron chi connectivity index (χ4n) is 3.55. The molecule has 1 saturated heterocycles. The molecule has 2 aliphatic rings. The fraction of sp³-hybridized carbons (Fsp3) is 0.650. The van der Waals surface area contributed by atoms with Gasteiger partial charge in [0.15, 0.2) is 0 Å². The van der Waals surface area contributed by atoms with Crippen LogP contribution in [0, 0.1) is 17.7 Å². The van der Waals surface area contributed by atoms with E-state index in [0.717, 1.165) is 31.4 Å². The first-order chi connectivity index (χ1) is 12.0. The molecular formula is C20H28FNO3. The molecule has 4 atom stereocenters. The van der Waals surface area contributed by atoms with Gasteiger partial charge in [-0.2, -0.15) is 0 Å². The van der Waals surface area contributed by atoms with Crippen LogP contribution in [0.1, 0.15) is 44.6 Å². The molecule has 25 heavy (non-hydrogen) atoms. The van der Waals surface area contributed by atoms with E-state index >= 15 is 0 Å². The number of hydrogen-bond donors (Lipinski definition) is 1. The lowest BCUT2D eigenvalue weighted by molar-refractivity contribution is -0.160. The predicted octanol–water partition coefficient (Wildman–Crippen LogP) is 3.22. The van der Waals surface area contributed by atoms with Crippen LogP contribution < -0.4 is 5.73 Å². The molecule has 4 nitrogen and oxygen atoms in total. The predicted molar refractivity (Wildman–Crippen MR) is 93.4 cm³/mol. The number of cyclic esters (lactones) is 1. The number of benzene rings is 1. The molecular weight excluding hydrogens is 321 g/mol. The van der Waals surface area contributed by atoms with Gasteiger partial charge in [0.05, 0.1) is 6.10 Å². The maximum atomic E-state index is 13.2. The van der Waals surface area contributed by atoms with Gasteiger partial charge in [0, 0.05) is 6.61 Å². The van der Waals surface area contributed by atoms with Gasteiger partial charge >= 0.3 is 5.97 Å². The van der Waals surface area contributed by atoms with E-state index in [9.17, 15) is 9.18 Å². The monoisotopic (exact) mass is 349 g/mol. The Morgan fingerprint density at radius 2 is 1.92 bits per heavy atom. The van der Waals surface area contributed by atoms with Crippen LogP contribution in [0.3, 0.4) is 0 Å². The average molecular weight is 349 g/mol. The number of rotatable bonds is 5. The van der Waals surface area contributed by atoms with E-state index in [2.05, 4.69) is 0 Å². The molecule has 0 amide bonds. The molecule has 5 heteroatoms. The highest BCUT2D eigenvalue weighted by molar-refractivity contribution is 5.75. The van der Waals surface area contributed by atoms with Gasteiger partial charge in [-0.15, -0.1) is 0 Å². The Morgan fingerprint density at radius 3 is 2.60 bits per heavy atom. The maximum absolute atomic E-state index is 13.2. The van der Waals surface area contributed by atoms with Crippen molar-refractivity contribution in [3.63, 3.8) is 0 Å². The van der Waals surface area contributed by atoms with E-state index in [0.29, 0.717) is 12.3 Å². The molecule has 1 aliphatic carbocycles. The number of halogens is 1. The quantitative estimate of drug-likeness (QED) is 0.829. The third-order valence-electron chi connectivity index (χ3n) is 5.25. The summed E-state index contributed by atoms with van der Waals surface area (Å²) in [6.07, 6.45) is 5.14. The van der Waals surface area contributed by atoms with E-state index in [1.165, 1.54) is 25.0 Å². The zero-order valence-electron chi connectivity index (χ0n) is 14.8. The van der Waals surface area contributed by atoms with Crippen LogP contribution in [0.15, 0.2) is 24.3 Å². The van der Waals surface area contributed by atoms with Crippen LogP contribution in [-0.4, -0.2) is 30.8 Å². The lowest BCUT2D eigenvalue weighted by atomic mass is 9.87. The zero-order valence-corrected chi connectivity index (χ0v) is 14.8. The molecule has 0 bridgehead atoms. The fourth-order valence-corrected chi connectivity index (χ4v) is 3.55. The minimum absolute atomic E-state index is 0.153. The van der Waals surface area contributed by atoms with E-state index in [-0.39, 0.29) is 29.9 Å². The zero-order chi connectivity index (χ0) is 17.8. The third kappa shape index (κ3) is 5.25. The lowest BCUT2D eigenvalue weighted by Crippen LogP contribution is -2.41. The highest BCUT2D eigenvalue weighted by Crippen LogP contribution is 2.32. The molecule has 1 aliphatic heterocycles. The molecule has 1 aromatic rings. The van der Waals surface area contributed by atoms with Crippen LogP contribution in [0.5, 0.6) is 0 Å². The summed E-state index contributed by atoms with van der Waals surface area (Å²) in [7, 11) is 0. The molecule has 138 valence electrons. The summed E-state index contributed by atoms with van der Waals surface area (Å²) >= 11 is 0. The van der Waals surface area contributed by atoms with Gasteiger partial charge < -0.3 is 15.2 Å². The highest BCUT2D eigenvalue weighted by atomic mass is 19.1. The van der Waals surface area contributed by atoms with Crippen LogP contribution in [-0.2, 0) is 20.7 Å². The first-order valence-corrected chi connectivity index (χ1v) is 9.35. The summed E-state index contributed by atoms with van der Waals surface area (Å²) in [5, 5.41) is 0. The first-order valence-electron chi connectivity index (χ1n) is 9.35. The van der Waals surface area contributed by atoms with Crippen molar-refractivity contribution in [3.8, 4) is 0 Å². The van der Waals surface area contributed by atoms with Crippen molar-refractivity contribution in [2.24, 2.45) is 17.6 Å².